The van der Waals surface area contributed by atoms with Crippen LogP contribution in [0.4, 0.5) is 5.69 Å². The number of rotatable bonds is 2. The van der Waals surface area contributed by atoms with Crippen LogP contribution in [-0.4, -0.2) is 5.91 Å². The third-order valence-corrected chi connectivity index (χ3v) is 5.28. The number of hydrogen-bond donors (Lipinski definition) is 1. The van der Waals surface area contributed by atoms with Gasteiger partial charge >= 0.3 is 0 Å². The normalized spacial score (nSPS) is 10.3. The zero-order valence-corrected chi connectivity index (χ0v) is 15.5. The molecular weight excluding hydrogens is 508 g/mol. The number of carbonyl (C=O) groups excluding carboxylic acids is 1. The van der Waals surface area contributed by atoms with E-state index in [0.717, 1.165) is 12.5 Å². The third-order valence-electron chi connectivity index (χ3n) is 2.38. The lowest BCUT2D eigenvalue weighted by molar-refractivity contribution is 0.102. The van der Waals surface area contributed by atoms with Gasteiger partial charge in [0.2, 0.25) is 0 Å². The van der Waals surface area contributed by atoms with Crippen molar-refractivity contribution in [3.63, 3.8) is 0 Å². The lowest BCUT2D eigenvalue weighted by Crippen LogP contribution is -2.12. The fraction of sp³-hybridized carbons (Fsp3) is 0. The van der Waals surface area contributed by atoms with Gasteiger partial charge in [-0.15, -0.1) is 0 Å². The first-order valence-corrected chi connectivity index (χ1v) is 8.23. The van der Waals surface area contributed by atoms with Crippen LogP contribution in [0.5, 0.6) is 0 Å². The maximum absolute atomic E-state index is 12.2. The molecule has 0 bridgehead atoms. The van der Waals surface area contributed by atoms with E-state index in [0.29, 0.717) is 16.3 Å². The van der Waals surface area contributed by atoms with Crippen LogP contribution in [0.1, 0.15) is 10.4 Å². The first kappa shape index (κ1) is 15.3. The predicted octanol–water partition coefficient (Wildman–Crippen LogP) is 5.72. The summed E-state index contributed by atoms with van der Waals surface area (Å²) in [5.74, 6) is -0.203. The third kappa shape index (κ3) is 3.71. The first-order chi connectivity index (χ1) is 8.99. The van der Waals surface area contributed by atoms with Crippen molar-refractivity contribution < 1.29 is 4.79 Å². The number of halogens is 4. The molecule has 0 unspecified atom stereocenters. The summed E-state index contributed by atoms with van der Waals surface area (Å²) in [7, 11) is 0. The highest BCUT2D eigenvalue weighted by atomic mass is 127. The lowest BCUT2D eigenvalue weighted by atomic mass is 10.2. The molecule has 0 radical (unpaired) electrons. The summed E-state index contributed by atoms with van der Waals surface area (Å²) in [4.78, 5) is 12.2. The minimum Gasteiger partial charge on any atom is -0.320 e. The molecule has 0 aliphatic carbocycles. The number of nitrogens with one attached hydrogen (secondary N) is 1. The summed E-state index contributed by atoms with van der Waals surface area (Å²) in [6.07, 6.45) is 0. The molecule has 2 aromatic rings. The predicted molar refractivity (Wildman–Crippen MR) is 94.0 cm³/mol. The average Bonchev–Trinajstić information content (AvgIpc) is 2.37. The molecule has 2 rings (SSSR count). The Kier molecular flexibility index (Phi) is 5.28. The van der Waals surface area contributed by atoms with Crippen molar-refractivity contribution in [3.05, 3.63) is 59.5 Å². The van der Waals surface area contributed by atoms with E-state index < -0.39 is 0 Å². The second-order valence-electron chi connectivity index (χ2n) is 3.68. The first-order valence-electron chi connectivity index (χ1n) is 5.19. The van der Waals surface area contributed by atoms with Gasteiger partial charge in [0, 0.05) is 18.1 Å². The van der Waals surface area contributed by atoms with Gasteiger partial charge in [-0.1, -0.05) is 17.7 Å². The maximum Gasteiger partial charge on any atom is 0.255 e. The van der Waals surface area contributed by atoms with E-state index in [4.69, 9.17) is 11.6 Å². The summed E-state index contributed by atoms with van der Waals surface area (Å²) < 4.78 is 2.54. The molecule has 0 saturated heterocycles. The van der Waals surface area contributed by atoms with Gasteiger partial charge in [-0.05, 0) is 84.8 Å². The van der Waals surface area contributed by atoms with Crippen molar-refractivity contribution in [2.24, 2.45) is 0 Å². The smallest absolute Gasteiger partial charge is 0.255 e. The number of para-hydroxylation sites is 1. The molecule has 2 nitrogen and oxygen atoms in total. The summed E-state index contributed by atoms with van der Waals surface area (Å²) in [5.41, 5.74) is 1.22. The van der Waals surface area contributed by atoms with Crippen LogP contribution >= 0.6 is 66.1 Å². The second kappa shape index (κ2) is 6.56. The zero-order valence-electron chi connectivity index (χ0n) is 9.38. The molecule has 0 heterocycles. The van der Waals surface area contributed by atoms with Crippen LogP contribution in [0.3, 0.4) is 0 Å². The van der Waals surface area contributed by atoms with E-state index in [9.17, 15) is 4.79 Å². The maximum atomic E-state index is 12.2. The Bertz CT molecular complexity index is 628. The van der Waals surface area contributed by atoms with Gasteiger partial charge in [-0.3, -0.25) is 4.79 Å². The Morgan fingerprint density at radius 3 is 2.37 bits per heavy atom. The Balaban J connectivity index is 2.28. The van der Waals surface area contributed by atoms with Crippen LogP contribution in [0, 0.1) is 3.57 Å². The topological polar surface area (TPSA) is 29.1 Å². The lowest BCUT2D eigenvalue weighted by Gasteiger charge is -2.10. The number of hydrogen-bond acceptors (Lipinski definition) is 1. The van der Waals surface area contributed by atoms with Crippen molar-refractivity contribution in [1.29, 1.82) is 0 Å². The zero-order chi connectivity index (χ0) is 14.0. The highest BCUT2D eigenvalue weighted by Crippen LogP contribution is 2.31. The van der Waals surface area contributed by atoms with Crippen molar-refractivity contribution in [2.75, 3.05) is 5.32 Å². The fourth-order valence-corrected chi connectivity index (χ4v) is 3.15. The molecule has 1 amide bonds. The monoisotopic (exact) mass is 513 g/mol. The summed E-state index contributed by atoms with van der Waals surface area (Å²) in [6, 6.07) is 10.8. The Morgan fingerprint density at radius 2 is 1.79 bits per heavy atom. The Morgan fingerprint density at radius 1 is 1.16 bits per heavy atom. The molecule has 0 aromatic heterocycles. The molecule has 0 aliphatic heterocycles. The Labute approximate surface area is 146 Å². The summed E-state index contributed by atoms with van der Waals surface area (Å²) >= 11 is 14.9. The van der Waals surface area contributed by atoms with Gasteiger partial charge in [0.05, 0.1) is 10.7 Å². The van der Waals surface area contributed by atoms with Gasteiger partial charge in [-0.2, -0.15) is 0 Å². The van der Waals surface area contributed by atoms with Crippen molar-refractivity contribution in [3.8, 4) is 0 Å². The van der Waals surface area contributed by atoms with Crippen molar-refractivity contribution in [2.45, 2.75) is 0 Å². The SMILES string of the molecule is O=C(Nc1c(Br)cccc1Br)c1ccc(I)c(Cl)c1. The van der Waals surface area contributed by atoms with Gasteiger partial charge in [0.25, 0.3) is 5.91 Å². The summed E-state index contributed by atoms with van der Waals surface area (Å²) in [5, 5.41) is 3.42. The molecule has 0 spiro atoms. The van der Waals surface area contributed by atoms with E-state index in [2.05, 4.69) is 59.8 Å². The molecule has 0 atom stereocenters. The highest BCUT2D eigenvalue weighted by molar-refractivity contribution is 14.1. The minimum atomic E-state index is -0.203. The second-order valence-corrected chi connectivity index (χ2v) is 6.96. The molecule has 19 heavy (non-hydrogen) atoms. The van der Waals surface area contributed by atoms with Crippen LogP contribution in [0.2, 0.25) is 5.02 Å². The van der Waals surface area contributed by atoms with Crippen LogP contribution in [0.15, 0.2) is 45.3 Å². The van der Waals surface area contributed by atoms with E-state index in [1.807, 2.05) is 24.3 Å². The molecular formula is C13H7Br2ClINO. The van der Waals surface area contributed by atoms with Gasteiger partial charge in [-0.25, -0.2) is 0 Å². The van der Waals surface area contributed by atoms with Crippen LogP contribution < -0.4 is 5.32 Å². The van der Waals surface area contributed by atoms with E-state index in [-0.39, 0.29) is 5.91 Å². The van der Waals surface area contributed by atoms with Crippen LogP contribution in [0.25, 0.3) is 0 Å². The van der Waals surface area contributed by atoms with Crippen molar-refractivity contribution >= 4 is 77.6 Å². The highest BCUT2D eigenvalue weighted by Gasteiger charge is 2.12. The minimum absolute atomic E-state index is 0.203. The standard InChI is InChI=1S/C13H7Br2ClINO/c14-8-2-1-3-9(15)12(8)18-13(19)7-4-5-11(17)10(16)6-7/h1-6H,(H,18,19). The van der Waals surface area contributed by atoms with Gasteiger partial charge < -0.3 is 5.32 Å². The molecule has 0 aliphatic rings. The van der Waals surface area contributed by atoms with Gasteiger partial charge in [0.1, 0.15) is 0 Å². The number of carbonyl (C=O) groups is 1. The number of benzene rings is 2. The van der Waals surface area contributed by atoms with Gasteiger partial charge in [0.15, 0.2) is 0 Å². The van der Waals surface area contributed by atoms with Crippen LogP contribution in [-0.2, 0) is 0 Å². The van der Waals surface area contributed by atoms with E-state index >= 15 is 0 Å². The van der Waals surface area contributed by atoms with E-state index in [1.165, 1.54) is 0 Å². The fourth-order valence-electron chi connectivity index (χ4n) is 1.44. The van der Waals surface area contributed by atoms with Crippen molar-refractivity contribution in [1.82, 2.24) is 0 Å². The molecule has 1 N–H and O–H groups in total. The quantitative estimate of drug-likeness (QED) is 0.510. The van der Waals surface area contributed by atoms with E-state index in [1.54, 1.807) is 12.1 Å². The number of amides is 1. The molecule has 0 fully saturated rings. The molecule has 0 saturated carbocycles. The average molecular weight is 515 g/mol. The molecule has 98 valence electrons. The Hall–Kier alpha value is -0.110. The summed E-state index contributed by atoms with van der Waals surface area (Å²) in [6.45, 7) is 0. The molecule has 6 heteroatoms. The molecule has 2 aromatic carbocycles. The number of anilines is 1. The largest absolute Gasteiger partial charge is 0.320 e.